The second kappa shape index (κ2) is 6.89. The molecular formula is C18H29NS. The van der Waals surface area contributed by atoms with Crippen LogP contribution in [0.15, 0.2) is 18.2 Å². The predicted octanol–water partition coefficient (Wildman–Crippen LogP) is 5.01. The summed E-state index contributed by atoms with van der Waals surface area (Å²) in [4.78, 5) is 2.45. The number of aryl methyl sites for hydroxylation is 2. The third kappa shape index (κ3) is 3.72. The molecular weight excluding hydrogens is 262 g/mol. The average Bonchev–Trinajstić information content (AvgIpc) is 2.64. The highest BCUT2D eigenvalue weighted by molar-refractivity contribution is 7.80. The molecule has 0 bridgehead atoms. The Hall–Kier alpha value is -0.630. The van der Waals surface area contributed by atoms with Gasteiger partial charge in [0.05, 0.1) is 0 Å². The van der Waals surface area contributed by atoms with E-state index in [-0.39, 0.29) is 0 Å². The first kappa shape index (κ1) is 15.8. The Kier molecular flexibility index (Phi) is 5.42. The molecule has 0 radical (unpaired) electrons. The Morgan fingerprint density at radius 2 is 1.75 bits per heavy atom. The van der Waals surface area contributed by atoms with Crippen molar-refractivity contribution in [3.8, 4) is 0 Å². The van der Waals surface area contributed by atoms with Crippen molar-refractivity contribution in [1.29, 1.82) is 0 Å². The Morgan fingerprint density at radius 1 is 1.10 bits per heavy atom. The van der Waals surface area contributed by atoms with Crippen molar-refractivity contribution in [2.45, 2.75) is 52.4 Å². The van der Waals surface area contributed by atoms with Crippen molar-refractivity contribution >= 4 is 18.3 Å². The number of thiol groups is 1. The molecule has 0 saturated heterocycles. The number of hydrogen-bond acceptors (Lipinski definition) is 2. The van der Waals surface area contributed by atoms with Crippen LogP contribution >= 0.6 is 12.6 Å². The van der Waals surface area contributed by atoms with Gasteiger partial charge in [0.1, 0.15) is 0 Å². The van der Waals surface area contributed by atoms with Gasteiger partial charge in [-0.25, -0.2) is 0 Å². The predicted molar refractivity (Wildman–Crippen MR) is 93.2 cm³/mol. The van der Waals surface area contributed by atoms with Crippen LogP contribution in [0.4, 0.5) is 5.69 Å². The van der Waals surface area contributed by atoms with Crippen LogP contribution in [-0.2, 0) is 0 Å². The maximum atomic E-state index is 4.70. The van der Waals surface area contributed by atoms with E-state index in [0.29, 0.717) is 5.41 Å². The zero-order valence-corrected chi connectivity index (χ0v) is 14.2. The molecule has 20 heavy (non-hydrogen) atoms. The fourth-order valence-corrected chi connectivity index (χ4v) is 4.08. The van der Waals surface area contributed by atoms with Crippen molar-refractivity contribution in [1.82, 2.24) is 0 Å². The van der Waals surface area contributed by atoms with E-state index >= 15 is 0 Å². The average molecular weight is 292 g/mol. The third-order valence-electron chi connectivity index (χ3n) is 4.84. The molecule has 1 aromatic rings. The molecule has 1 aliphatic rings. The van der Waals surface area contributed by atoms with Gasteiger partial charge < -0.3 is 4.90 Å². The lowest BCUT2D eigenvalue weighted by atomic mass is 9.81. The highest BCUT2D eigenvalue weighted by Crippen LogP contribution is 2.38. The summed E-state index contributed by atoms with van der Waals surface area (Å²) >= 11 is 4.70. The summed E-state index contributed by atoms with van der Waals surface area (Å²) < 4.78 is 0. The van der Waals surface area contributed by atoms with Crippen molar-refractivity contribution in [3.05, 3.63) is 29.3 Å². The smallest absolute Gasteiger partial charge is 0.0393 e. The SMILES string of the molecule is Cc1ccc(N(C)CC2(CS)CCCCCC2)c(C)c1. The molecule has 0 N–H and O–H groups in total. The van der Waals surface area contributed by atoms with Crippen LogP contribution in [-0.4, -0.2) is 19.3 Å². The van der Waals surface area contributed by atoms with Crippen LogP contribution in [0, 0.1) is 19.3 Å². The molecule has 112 valence electrons. The lowest BCUT2D eigenvalue weighted by Crippen LogP contribution is -2.37. The number of benzene rings is 1. The quantitative estimate of drug-likeness (QED) is 0.603. The minimum Gasteiger partial charge on any atom is -0.374 e. The van der Waals surface area contributed by atoms with Gasteiger partial charge in [0.25, 0.3) is 0 Å². The summed E-state index contributed by atoms with van der Waals surface area (Å²) in [5.74, 6) is 1.02. The van der Waals surface area contributed by atoms with Gasteiger partial charge in [-0.1, -0.05) is 43.4 Å². The van der Waals surface area contributed by atoms with Crippen molar-refractivity contribution in [2.75, 3.05) is 24.2 Å². The molecule has 1 nitrogen and oxygen atoms in total. The number of hydrogen-bond donors (Lipinski definition) is 1. The number of nitrogens with zero attached hydrogens (tertiary/aromatic N) is 1. The van der Waals surface area contributed by atoms with E-state index in [4.69, 9.17) is 12.6 Å². The highest BCUT2D eigenvalue weighted by atomic mass is 32.1. The maximum absolute atomic E-state index is 4.70. The maximum Gasteiger partial charge on any atom is 0.0393 e. The Bertz CT molecular complexity index is 433. The van der Waals surface area contributed by atoms with Crippen LogP contribution < -0.4 is 4.90 Å². The Labute approximate surface area is 130 Å². The summed E-state index contributed by atoms with van der Waals surface area (Å²) in [6.45, 7) is 5.52. The number of rotatable bonds is 4. The molecule has 0 heterocycles. The molecule has 2 rings (SSSR count). The molecule has 0 aromatic heterocycles. The molecule has 0 spiro atoms. The van der Waals surface area contributed by atoms with E-state index in [9.17, 15) is 0 Å². The third-order valence-corrected chi connectivity index (χ3v) is 5.51. The van der Waals surface area contributed by atoms with Crippen LogP contribution in [0.2, 0.25) is 0 Å². The highest BCUT2D eigenvalue weighted by Gasteiger charge is 2.31. The first-order valence-corrected chi connectivity index (χ1v) is 8.59. The minimum absolute atomic E-state index is 0.408. The topological polar surface area (TPSA) is 3.24 Å². The summed E-state index contributed by atoms with van der Waals surface area (Å²) in [6, 6.07) is 6.78. The lowest BCUT2D eigenvalue weighted by molar-refractivity contribution is 0.293. The second-order valence-corrected chi connectivity index (χ2v) is 7.03. The molecule has 0 aliphatic heterocycles. The van der Waals surface area contributed by atoms with Crippen molar-refractivity contribution < 1.29 is 0 Å². The zero-order valence-electron chi connectivity index (χ0n) is 13.3. The van der Waals surface area contributed by atoms with Gasteiger partial charge in [-0.05, 0) is 49.5 Å². The first-order valence-electron chi connectivity index (χ1n) is 7.96. The van der Waals surface area contributed by atoms with E-state index in [1.807, 2.05) is 0 Å². The summed E-state index contributed by atoms with van der Waals surface area (Å²) in [5.41, 5.74) is 4.51. The monoisotopic (exact) mass is 291 g/mol. The molecule has 1 saturated carbocycles. The van der Waals surface area contributed by atoms with E-state index in [1.54, 1.807) is 0 Å². The molecule has 0 amide bonds. The van der Waals surface area contributed by atoms with Crippen LogP contribution in [0.5, 0.6) is 0 Å². The van der Waals surface area contributed by atoms with Gasteiger partial charge in [0, 0.05) is 19.3 Å². The minimum atomic E-state index is 0.408. The molecule has 0 atom stereocenters. The van der Waals surface area contributed by atoms with Gasteiger partial charge >= 0.3 is 0 Å². The molecule has 1 fully saturated rings. The zero-order chi connectivity index (χ0) is 14.6. The van der Waals surface area contributed by atoms with Gasteiger partial charge in [0.15, 0.2) is 0 Å². The van der Waals surface area contributed by atoms with Crippen molar-refractivity contribution in [2.24, 2.45) is 5.41 Å². The Balaban J connectivity index is 2.13. The van der Waals surface area contributed by atoms with Crippen LogP contribution in [0.1, 0.15) is 49.7 Å². The number of anilines is 1. The van der Waals surface area contributed by atoms with E-state index in [0.717, 1.165) is 12.3 Å². The molecule has 1 aromatic carbocycles. The van der Waals surface area contributed by atoms with Gasteiger partial charge in [-0.2, -0.15) is 12.6 Å². The first-order chi connectivity index (χ1) is 9.56. The van der Waals surface area contributed by atoms with E-state index in [1.165, 1.54) is 55.3 Å². The fraction of sp³-hybridized carbons (Fsp3) is 0.667. The second-order valence-electron chi connectivity index (χ2n) is 6.72. The Morgan fingerprint density at radius 3 is 2.30 bits per heavy atom. The molecule has 0 unspecified atom stereocenters. The van der Waals surface area contributed by atoms with Gasteiger partial charge in [0.2, 0.25) is 0 Å². The van der Waals surface area contributed by atoms with Gasteiger partial charge in [-0.15, -0.1) is 0 Å². The van der Waals surface area contributed by atoms with Crippen LogP contribution in [0.3, 0.4) is 0 Å². The summed E-state index contributed by atoms with van der Waals surface area (Å²) in [7, 11) is 2.24. The largest absolute Gasteiger partial charge is 0.374 e. The standard InChI is InChI=1S/C18H29NS/c1-15-8-9-17(16(2)12-15)19(3)13-18(14-20)10-6-4-5-7-11-18/h8-9,12,20H,4-7,10-11,13-14H2,1-3H3. The lowest BCUT2D eigenvalue weighted by Gasteiger charge is -2.37. The summed E-state index contributed by atoms with van der Waals surface area (Å²) in [6.07, 6.45) is 8.24. The fourth-order valence-electron chi connectivity index (χ4n) is 3.67. The van der Waals surface area contributed by atoms with E-state index < -0.39 is 0 Å². The molecule has 2 heteroatoms. The summed E-state index contributed by atoms with van der Waals surface area (Å²) in [5, 5.41) is 0. The van der Waals surface area contributed by atoms with Crippen LogP contribution in [0.25, 0.3) is 0 Å². The normalized spacial score (nSPS) is 18.6. The van der Waals surface area contributed by atoms with Gasteiger partial charge in [-0.3, -0.25) is 0 Å². The van der Waals surface area contributed by atoms with Crippen molar-refractivity contribution in [3.63, 3.8) is 0 Å². The van der Waals surface area contributed by atoms with E-state index in [2.05, 4.69) is 44.0 Å². The molecule has 1 aliphatic carbocycles.